The Morgan fingerprint density at radius 1 is 0.727 bits per heavy atom. The summed E-state index contributed by atoms with van der Waals surface area (Å²) < 4.78 is 27.6. The molecule has 0 aromatic heterocycles. The van der Waals surface area contributed by atoms with Gasteiger partial charge in [-0.05, 0) is 55.4 Å². The average Bonchev–Trinajstić information content (AvgIpc) is 2.71. The minimum Gasteiger partial charge on any atom is -0.321 e. The molecule has 0 bridgehead atoms. The zero-order chi connectivity index (χ0) is 25.2. The van der Waals surface area contributed by atoms with Crippen LogP contribution in [0.1, 0.15) is 68.2 Å². The van der Waals surface area contributed by atoms with Gasteiger partial charge in [-0.1, -0.05) is 0 Å². The van der Waals surface area contributed by atoms with E-state index in [4.69, 9.17) is 28.6 Å². The van der Waals surface area contributed by atoms with Gasteiger partial charge in [0.25, 0.3) is 8.53 Å². The Hall–Kier alpha value is -0.0500. The number of nitrogens with one attached hydrogen (secondary N) is 1. The highest BCUT2D eigenvalue weighted by Gasteiger charge is 2.32. The normalized spacial score (nSPS) is 13.9. The van der Waals surface area contributed by atoms with Crippen LogP contribution >= 0.6 is 28.8 Å². The summed E-state index contributed by atoms with van der Waals surface area (Å²) in [5.41, 5.74) is 0. The Morgan fingerprint density at radius 2 is 1.15 bits per heavy atom. The second kappa shape index (κ2) is 20.2. The van der Waals surface area contributed by atoms with Crippen LogP contribution in [-0.4, -0.2) is 66.8 Å². The summed E-state index contributed by atoms with van der Waals surface area (Å²) in [7, 11) is -2.30. The largest absolute Gasteiger partial charge is 0.417 e. The molecule has 0 fully saturated rings. The first kappa shape index (κ1) is 33.0. The molecule has 0 aromatic rings. The van der Waals surface area contributed by atoms with Crippen LogP contribution in [0, 0.1) is 22.7 Å². The SMILES string of the molecule is CC(C)N(C(C)C)P(OCCC#N)OCCSCCOP(OCCC#N)[NH+](C(C)C)C(C)C. The van der Waals surface area contributed by atoms with E-state index in [1.165, 1.54) is 4.67 Å². The van der Waals surface area contributed by atoms with E-state index in [1.807, 2.05) is 0 Å². The number of hydrogen-bond acceptors (Lipinski definition) is 8. The Kier molecular flexibility index (Phi) is 20.1. The molecule has 2 unspecified atom stereocenters. The van der Waals surface area contributed by atoms with Gasteiger partial charge in [0.15, 0.2) is 0 Å². The Balaban J connectivity index is 4.55. The zero-order valence-electron chi connectivity index (χ0n) is 21.7. The molecule has 2 atom stereocenters. The fourth-order valence-electron chi connectivity index (χ4n) is 3.22. The van der Waals surface area contributed by atoms with Crippen LogP contribution in [-0.2, 0) is 18.1 Å². The Bertz CT molecular complexity index is 510. The van der Waals surface area contributed by atoms with E-state index >= 15 is 0 Å². The van der Waals surface area contributed by atoms with Crippen LogP contribution in [0.3, 0.4) is 0 Å². The first-order chi connectivity index (χ1) is 15.7. The van der Waals surface area contributed by atoms with Crippen LogP contribution in [0.25, 0.3) is 0 Å². The third-order valence-corrected chi connectivity index (χ3v) is 9.65. The van der Waals surface area contributed by atoms with Gasteiger partial charge in [0.05, 0.1) is 63.5 Å². The molecule has 0 aliphatic carbocycles. The number of hydrogen-bond donors (Lipinski definition) is 1. The monoisotopic (exact) mass is 523 g/mol. The minimum absolute atomic E-state index is 0.298. The lowest BCUT2D eigenvalue weighted by atomic mass is 10.3. The van der Waals surface area contributed by atoms with Crippen molar-refractivity contribution >= 4 is 28.8 Å². The molecule has 0 spiro atoms. The molecule has 0 saturated carbocycles. The molecule has 33 heavy (non-hydrogen) atoms. The van der Waals surface area contributed by atoms with E-state index in [2.05, 4.69) is 72.2 Å². The van der Waals surface area contributed by atoms with Crippen LogP contribution < -0.4 is 4.67 Å². The summed E-state index contributed by atoms with van der Waals surface area (Å²) in [6.45, 7) is 19.2. The smallest absolute Gasteiger partial charge is 0.321 e. The second-order valence-corrected chi connectivity index (χ2v) is 12.8. The van der Waals surface area contributed by atoms with E-state index in [1.54, 1.807) is 11.8 Å². The van der Waals surface area contributed by atoms with Crippen molar-refractivity contribution in [2.24, 2.45) is 0 Å². The molecule has 1 N–H and O–H groups in total. The predicted molar refractivity (Wildman–Crippen MR) is 139 cm³/mol. The van der Waals surface area contributed by atoms with Crippen molar-refractivity contribution < 1.29 is 22.8 Å². The van der Waals surface area contributed by atoms with Crippen LogP contribution in [0.4, 0.5) is 0 Å². The summed E-state index contributed by atoms with van der Waals surface area (Å²) in [4.78, 5) is 0. The third-order valence-electron chi connectivity index (χ3n) is 4.34. The highest BCUT2D eigenvalue weighted by molar-refractivity contribution is 7.99. The number of rotatable bonds is 20. The molecule has 0 saturated heterocycles. The molecular weight excluding hydrogens is 478 g/mol. The topological polar surface area (TPSA) is 92.2 Å². The van der Waals surface area contributed by atoms with Gasteiger partial charge in [-0.2, -0.15) is 22.3 Å². The molecule has 0 aliphatic heterocycles. The molecule has 0 rings (SSSR count). The Morgan fingerprint density at radius 3 is 1.61 bits per heavy atom. The van der Waals surface area contributed by atoms with Gasteiger partial charge in [-0.15, -0.1) is 0 Å². The van der Waals surface area contributed by atoms with Crippen molar-refractivity contribution in [1.29, 1.82) is 10.5 Å². The predicted octanol–water partition coefficient (Wildman–Crippen LogP) is 4.89. The highest BCUT2D eigenvalue weighted by Crippen LogP contribution is 2.46. The minimum atomic E-state index is -1.19. The summed E-state index contributed by atoms with van der Waals surface area (Å²) in [5, 5.41) is 17.6. The maximum absolute atomic E-state index is 8.82. The van der Waals surface area contributed by atoms with E-state index in [0.717, 1.165) is 11.5 Å². The van der Waals surface area contributed by atoms with Gasteiger partial charge in [0.1, 0.15) is 0 Å². The van der Waals surface area contributed by atoms with Gasteiger partial charge in [-0.3, -0.25) is 13.7 Å². The molecular formula is C22H45N4O4P2S+. The van der Waals surface area contributed by atoms with Crippen LogP contribution in [0.15, 0.2) is 0 Å². The number of thioether (sulfide) groups is 1. The molecule has 192 valence electrons. The van der Waals surface area contributed by atoms with Crippen molar-refractivity contribution in [2.45, 2.75) is 92.4 Å². The highest BCUT2D eigenvalue weighted by atomic mass is 32.2. The van der Waals surface area contributed by atoms with Crippen molar-refractivity contribution in [3.63, 3.8) is 0 Å². The van der Waals surface area contributed by atoms with E-state index in [-0.39, 0.29) is 0 Å². The van der Waals surface area contributed by atoms with Gasteiger partial charge in [0, 0.05) is 23.6 Å². The summed E-state index contributed by atoms with van der Waals surface area (Å²) in [6.07, 6.45) is 0.741. The fraction of sp³-hybridized carbons (Fsp3) is 0.909. The number of nitriles is 2. The summed E-state index contributed by atoms with van der Waals surface area (Å²) >= 11 is 1.78. The lowest BCUT2D eigenvalue weighted by molar-refractivity contribution is -0.828. The number of nitrogens with zero attached hydrogens (tertiary/aromatic N) is 3. The van der Waals surface area contributed by atoms with Crippen molar-refractivity contribution in [3.05, 3.63) is 0 Å². The Labute approximate surface area is 209 Å². The lowest BCUT2D eigenvalue weighted by Crippen LogP contribution is -3.12. The van der Waals surface area contributed by atoms with Gasteiger partial charge < -0.3 is 9.05 Å². The molecule has 0 aliphatic rings. The van der Waals surface area contributed by atoms with Crippen LogP contribution in [0.5, 0.6) is 0 Å². The van der Waals surface area contributed by atoms with E-state index in [9.17, 15) is 0 Å². The quantitative estimate of drug-likeness (QED) is 0.178. The molecule has 0 radical (unpaired) electrons. The van der Waals surface area contributed by atoms with Crippen LogP contribution in [0.2, 0.25) is 0 Å². The molecule has 11 heteroatoms. The van der Waals surface area contributed by atoms with Crippen molar-refractivity contribution in [3.8, 4) is 12.1 Å². The van der Waals surface area contributed by atoms with E-state index in [0.29, 0.717) is 63.4 Å². The summed E-state index contributed by atoms with van der Waals surface area (Å²) in [5.74, 6) is 1.69. The molecule has 0 heterocycles. The van der Waals surface area contributed by atoms with Gasteiger partial charge in [-0.25, -0.2) is 4.67 Å². The maximum Gasteiger partial charge on any atom is 0.417 e. The molecule has 8 nitrogen and oxygen atoms in total. The standard InChI is InChI=1S/C22H44N4O4P2S/c1-19(2)25(20(3)4)31(27-13-9-11-23)29-15-17-33-18-16-30-32(28-14-10-12-24)26(21(5)6)22(7)8/h19-22H,9-10,13-18H2,1-8H3/p+1. The first-order valence-electron chi connectivity index (χ1n) is 11.8. The maximum atomic E-state index is 8.82. The second-order valence-electron chi connectivity index (χ2n) is 8.56. The average molecular weight is 524 g/mol. The zero-order valence-corrected chi connectivity index (χ0v) is 24.3. The third kappa shape index (κ3) is 14.8. The lowest BCUT2D eigenvalue weighted by Gasteiger charge is -2.35. The van der Waals surface area contributed by atoms with Gasteiger partial charge in [0.2, 0.25) is 0 Å². The van der Waals surface area contributed by atoms with E-state index < -0.39 is 17.1 Å². The summed E-state index contributed by atoms with van der Waals surface area (Å²) in [6, 6.07) is 5.61. The molecule has 0 amide bonds. The van der Waals surface area contributed by atoms with Gasteiger partial charge >= 0.3 is 8.53 Å². The first-order valence-corrected chi connectivity index (χ1v) is 15.2. The molecule has 0 aromatic carbocycles. The van der Waals surface area contributed by atoms with Crippen molar-refractivity contribution in [2.75, 3.05) is 37.9 Å². The fourth-order valence-corrected chi connectivity index (χ4v) is 7.39. The van der Waals surface area contributed by atoms with Crippen molar-refractivity contribution in [1.82, 2.24) is 4.67 Å². The number of quaternary nitrogens is 1.